The van der Waals surface area contributed by atoms with Crippen molar-refractivity contribution < 1.29 is 4.79 Å². The van der Waals surface area contributed by atoms with E-state index in [1.807, 2.05) is 11.9 Å². The summed E-state index contributed by atoms with van der Waals surface area (Å²) in [6.07, 6.45) is 4.51. The molecule has 0 bridgehead atoms. The number of likely N-dealkylation sites (tertiary alicyclic amines) is 1. The number of carbonyl (C=O) groups is 1. The molecular formula is C20H26N4O. The van der Waals surface area contributed by atoms with Gasteiger partial charge in [-0.25, -0.2) is 0 Å². The van der Waals surface area contributed by atoms with Crippen molar-refractivity contribution in [1.29, 1.82) is 0 Å². The summed E-state index contributed by atoms with van der Waals surface area (Å²) in [6, 6.07) is 10.6. The average Bonchev–Trinajstić information content (AvgIpc) is 3.34. The summed E-state index contributed by atoms with van der Waals surface area (Å²) < 4.78 is 0. The van der Waals surface area contributed by atoms with E-state index in [0.29, 0.717) is 19.0 Å². The predicted octanol–water partition coefficient (Wildman–Crippen LogP) is 2.35. The molecule has 0 saturated carbocycles. The fourth-order valence-corrected chi connectivity index (χ4v) is 4.12. The van der Waals surface area contributed by atoms with Crippen molar-refractivity contribution in [1.82, 2.24) is 20.0 Å². The van der Waals surface area contributed by atoms with Gasteiger partial charge in [0, 0.05) is 19.3 Å². The van der Waals surface area contributed by atoms with Crippen LogP contribution in [-0.2, 0) is 24.2 Å². The molecule has 4 rings (SSSR count). The van der Waals surface area contributed by atoms with E-state index in [1.54, 1.807) is 0 Å². The monoisotopic (exact) mass is 338 g/mol. The smallest absolute Gasteiger partial charge is 0.236 e. The van der Waals surface area contributed by atoms with E-state index >= 15 is 0 Å². The van der Waals surface area contributed by atoms with Gasteiger partial charge in [-0.05, 0) is 49.3 Å². The fourth-order valence-electron chi connectivity index (χ4n) is 4.12. The molecule has 1 aromatic heterocycles. The molecular weight excluding hydrogens is 312 g/mol. The van der Waals surface area contributed by atoms with Crippen molar-refractivity contribution in [2.45, 2.75) is 38.1 Å². The molecule has 1 aliphatic heterocycles. The Labute approximate surface area is 149 Å². The summed E-state index contributed by atoms with van der Waals surface area (Å²) >= 11 is 0. The zero-order valence-electron chi connectivity index (χ0n) is 14.9. The van der Waals surface area contributed by atoms with Crippen molar-refractivity contribution in [3.63, 3.8) is 0 Å². The number of aromatic amines is 1. The molecule has 132 valence electrons. The number of amides is 1. The lowest BCUT2D eigenvalue weighted by molar-refractivity contribution is -0.131. The van der Waals surface area contributed by atoms with E-state index in [0.717, 1.165) is 38.0 Å². The fraction of sp³-hybridized carbons (Fsp3) is 0.500. The van der Waals surface area contributed by atoms with Crippen LogP contribution < -0.4 is 0 Å². The third-order valence-corrected chi connectivity index (χ3v) is 5.61. The Morgan fingerprint density at radius 3 is 3.00 bits per heavy atom. The van der Waals surface area contributed by atoms with Crippen molar-refractivity contribution in [3.8, 4) is 0 Å². The van der Waals surface area contributed by atoms with Crippen LogP contribution in [0.15, 0.2) is 30.3 Å². The number of fused-ring (bicyclic) bond motifs is 1. The summed E-state index contributed by atoms with van der Waals surface area (Å²) in [5.74, 6) is 0.734. The molecule has 0 unspecified atom stereocenters. The molecule has 25 heavy (non-hydrogen) atoms. The predicted molar refractivity (Wildman–Crippen MR) is 97.3 cm³/mol. The Morgan fingerprint density at radius 1 is 1.32 bits per heavy atom. The first kappa shape index (κ1) is 16.3. The maximum absolute atomic E-state index is 12.6. The summed E-state index contributed by atoms with van der Waals surface area (Å²) in [6.45, 7) is 3.09. The second-order valence-corrected chi connectivity index (χ2v) is 7.36. The van der Waals surface area contributed by atoms with Crippen LogP contribution in [-0.4, -0.2) is 52.6 Å². The van der Waals surface area contributed by atoms with Crippen molar-refractivity contribution in [2.75, 3.05) is 26.7 Å². The summed E-state index contributed by atoms with van der Waals surface area (Å²) in [5, 5.41) is 7.54. The number of likely N-dealkylation sites (N-methyl/N-ethyl adjacent to an activating group) is 1. The number of rotatable bonds is 5. The molecule has 2 heterocycles. The third-order valence-electron chi connectivity index (χ3n) is 5.61. The largest absolute Gasteiger partial charge is 0.339 e. The van der Waals surface area contributed by atoms with Gasteiger partial charge in [-0.15, -0.1) is 0 Å². The van der Waals surface area contributed by atoms with Crippen molar-refractivity contribution >= 4 is 5.91 Å². The van der Waals surface area contributed by atoms with Gasteiger partial charge < -0.3 is 4.90 Å². The molecule has 1 aliphatic carbocycles. The Hall–Kier alpha value is -2.14. The number of nitrogens with one attached hydrogen (secondary N) is 1. The van der Waals surface area contributed by atoms with Crippen LogP contribution in [0.3, 0.4) is 0 Å². The summed E-state index contributed by atoms with van der Waals surface area (Å²) in [7, 11) is 1.89. The molecule has 5 heteroatoms. The minimum atomic E-state index is 0.184. The van der Waals surface area contributed by atoms with Gasteiger partial charge in [-0.3, -0.25) is 14.8 Å². The summed E-state index contributed by atoms with van der Waals surface area (Å²) in [5.41, 5.74) is 5.04. The SMILES string of the molecule is CN(Cc1n[nH]c2c1CCC2)C(=O)CN1CC[C@@H](c2ccccc2)C1. The molecule has 1 fully saturated rings. The lowest BCUT2D eigenvalue weighted by Gasteiger charge is -2.21. The van der Waals surface area contributed by atoms with E-state index in [9.17, 15) is 4.79 Å². The minimum absolute atomic E-state index is 0.184. The highest BCUT2D eigenvalue weighted by molar-refractivity contribution is 5.78. The highest BCUT2D eigenvalue weighted by atomic mass is 16.2. The molecule has 1 saturated heterocycles. The molecule has 2 aliphatic rings. The Morgan fingerprint density at radius 2 is 2.16 bits per heavy atom. The number of hydrogen-bond acceptors (Lipinski definition) is 3. The highest BCUT2D eigenvalue weighted by Crippen LogP contribution is 2.27. The normalized spacial score (nSPS) is 20.0. The van der Waals surface area contributed by atoms with Crippen LogP contribution in [0.2, 0.25) is 0 Å². The van der Waals surface area contributed by atoms with Crippen LogP contribution in [0.1, 0.15) is 41.3 Å². The Balaban J connectivity index is 1.31. The van der Waals surface area contributed by atoms with Crippen LogP contribution in [0, 0.1) is 0 Å². The first-order valence-electron chi connectivity index (χ1n) is 9.27. The van der Waals surface area contributed by atoms with E-state index < -0.39 is 0 Å². The van der Waals surface area contributed by atoms with Gasteiger partial charge in [-0.1, -0.05) is 30.3 Å². The van der Waals surface area contributed by atoms with Gasteiger partial charge in [-0.2, -0.15) is 5.10 Å². The van der Waals surface area contributed by atoms with Gasteiger partial charge in [0.2, 0.25) is 5.91 Å². The molecule has 1 atom stereocenters. The maximum Gasteiger partial charge on any atom is 0.236 e. The number of aryl methyl sites for hydroxylation is 1. The molecule has 1 amide bonds. The highest BCUT2D eigenvalue weighted by Gasteiger charge is 2.27. The molecule has 0 spiro atoms. The number of carbonyl (C=O) groups excluding carboxylic acids is 1. The van der Waals surface area contributed by atoms with Crippen LogP contribution >= 0.6 is 0 Å². The average molecular weight is 338 g/mol. The van der Waals surface area contributed by atoms with Gasteiger partial charge in [0.1, 0.15) is 0 Å². The Kier molecular flexibility index (Phi) is 4.57. The minimum Gasteiger partial charge on any atom is -0.339 e. The number of H-pyrrole nitrogens is 1. The molecule has 5 nitrogen and oxygen atoms in total. The van der Waals surface area contributed by atoms with Gasteiger partial charge in [0.25, 0.3) is 0 Å². The second kappa shape index (κ2) is 7.00. The number of aromatic nitrogens is 2. The zero-order valence-corrected chi connectivity index (χ0v) is 14.9. The number of benzene rings is 1. The van der Waals surface area contributed by atoms with Crippen LogP contribution in [0.4, 0.5) is 0 Å². The third kappa shape index (κ3) is 3.47. The molecule has 1 N–H and O–H groups in total. The number of nitrogens with zero attached hydrogens (tertiary/aromatic N) is 3. The van der Waals surface area contributed by atoms with Crippen LogP contribution in [0.25, 0.3) is 0 Å². The lowest BCUT2D eigenvalue weighted by Crippen LogP contribution is -2.37. The quantitative estimate of drug-likeness (QED) is 0.910. The van der Waals surface area contributed by atoms with Gasteiger partial charge >= 0.3 is 0 Å². The Bertz CT molecular complexity index is 739. The molecule has 1 aromatic carbocycles. The van der Waals surface area contributed by atoms with E-state index in [2.05, 4.69) is 45.4 Å². The lowest BCUT2D eigenvalue weighted by atomic mass is 9.99. The standard InChI is InChI=1S/C20H26N4O/c1-23(13-19-17-8-5-9-18(17)21-22-19)20(25)14-24-11-10-16(12-24)15-6-3-2-4-7-15/h2-4,6-7,16H,5,8-14H2,1H3,(H,21,22)/t16-/m1/s1. The van der Waals surface area contributed by atoms with Crippen molar-refractivity contribution in [3.05, 3.63) is 52.8 Å². The maximum atomic E-state index is 12.6. The van der Waals surface area contributed by atoms with Crippen molar-refractivity contribution in [2.24, 2.45) is 0 Å². The summed E-state index contributed by atoms with van der Waals surface area (Å²) in [4.78, 5) is 16.7. The first-order valence-corrected chi connectivity index (χ1v) is 9.27. The van der Waals surface area contributed by atoms with E-state index in [4.69, 9.17) is 0 Å². The van der Waals surface area contributed by atoms with Gasteiger partial charge in [0.05, 0.1) is 18.8 Å². The topological polar surface area (TPSA) is 52.2 Å². The molecule has 2 aromatic rings. The first-order chi connectivity index (χ1) is 12.2. The van der Waals surface area contributed by atoms with Gasteiger partial charge in [0.15, 0.2) is 0 Å². The number of hydrogen-bond donors (Lipinski definition) is 1. The van der Waals surface area contributed by atoms with E-state index in [1.165, 1.54) is 23.2 Å². The van der Waals surface area contributed by atoms with E-state index in [-0.39, 0.29) is 5.91 Å². The van der Waals surface area contributed by atoms with Crippen LogP contribution in [0.5, 0.6) is 0 Å². The zero-order chi connectivity index (χ0) is 17.2. The molecule has 0 radical (unpaired) electrons. The second-order valence-electron chi connectivity index (χ2n) is 7.36.